The van der Waals surface area contributed by atoms with Gasteiger partial charge in [0.25, 0.3) is 0 Å². The number of pyridine rings is 1. The van der Waals surface area contributed by atoms with Gasteiger partial charge in [-0.3, -0.25) is 0 Å². The van der Waals surface area contributed by atoms with Crippen LogP contribution in [0.1, 0.15) is 15.9 Å². The predicted octanol–water partition coefficient (Wildman–Crippen LogP) is 6.16. The van der Waals surface area contributed by atoms with Crippen LogP contribution < -0.4 is 0 Å². The Morgan fingerprint density at radius 2 is 1.97 bits per heavy atom. The fourth-order valence-electron chi connectivity index (χ4n) is 3.97. The second-order valence-electron chi connectivity index (χ2n) is 9.43. The number of carbonyl (C=O) groups is 1. The molecule has 0 aliphatic carbocycles. The van der Waals surface area contributed by atoms with Gasteiger partial charge in [-0.1, -0.05) is 19.6 Å². The first kappa shape index (κ1) is 22.9. The summed E-state index contributed by atoms with van der Waals surface area (Å²) in [5, 5.41) is 11.0. The summed E-state index contributed by atoms with van der Waals surface area (Å²) in [6.07, 6.45) is 3.50. The molecule has 3 heterocycles. The lowest BCUT2D eigenvalue weighted by molar-refractivity contribution is 0.0696. The summed E-state index contributed by atoms with van der Waals surface area (Å²) in [4.78, 5) is 19.8. The second-order valence-corrected chi connectivity index (χ2v) is 15.1. The van der Waals surface area contributed by atoms with Crippen LogP contribution in [0.2, 0.25) is 25.7 Å². The van der Waals surface area contributed by atoms with E-state index < -0.39 is 14.0 Å². The van der Waals surface area contributed by atoms with Crippen molar-refractivity contribution in [2.45, 2.75) is 39.3 Å². The van der Waals surface area contributed by atoms with Gasteiger partial charge in [0.15, 0.2) is 0 Å². The molecule has 0 bridgehead atoms. The van der Waals surface area contributed by atoms with Crippen molar-refractivity contribution in [2.75, 3.05) is 6.61 Å². The Morgan fingerprint density at radius 3 is 2.67 bits per heavy atom. The molecule has 2 N–H and O–H groups in total. The van der Waals surface area contributed by atoms with Crippen molar-refractivity contribution in [1.82, 2.24) is 14.5 Å². The van der Waals surface area contributed by atoms with Crippen molar-refractivity contribution in [1.29, 1.82) is 0 Å². The van der Waals surface area contributed by atoms with Crippen LogP contribution in [0.15, 0.2) is 48.8 Å². The van der Waals surface area contributed by atoms with Gasteiger partial charge >= 0.3 is 5.97 Å². The zero-order valence-electron chi connectivity index (χ0n) is 19.3. The fourth-order valence-corrected chi connectivity index (χ4v) is 4.73. The van der Waals surface area contributed by atoms with Gasteiger partial charge in [-0.25, -0.2) is 14.2 Å². The van der Waals surface area contributed by atoms with Crippen LogP contribution in [0, 0.1) is 12.7 Å². The van der Waals surface area contributed by atoms with E-state index >= 15 is 0 Å². The normalized spacial score (nSPS) is 11.9. The number of nitrogens with one attached hydrogen (secondary N) is 1. The number of rotatable bonds is 8. The fraction of sp³-hybridized carbons (Fsp3) is 0.280. The van der Waals surface area contributed by atoms with Gasteiger partial charge in [0.05, 0.1) is 17.0 Å². The number of carboxylic acid groups (broad SMARTS) is 1. The van der Waals surface area contributed by atoms with Gasteiger partial charge in [0.1, 0.15) is 18.2 Å². The van der Waals surface area contributed by atoms with Gasteiger partial charge in [-0.05, 0) is 54.9 Å². The third-order valence-electron chi connectivity index (χ3n) is 5.72. The number of aromatic nitrogens is 3. The van der Waals surface area contributed by atoms with Crippen LogP contribution in [0.4, 0.5) is 4.39 Å². The van der Waals surface area contributed by atoms with Gasteiger partial charge < -0.3 is 19.4 Å². The molecule has 0 radical (unpaired) electrons. The van der Waals surface area contributed by atoms with Crippen LogP contribution in [0.5, 0.6) is 0 Å². The van der Waals surface area contributed by atoms with Crippen molar-refractivity contribution >= 4 is 25.1 Å². The number of carboxylic acids is 1. The number of nitrogens with zero attached hydrogens (tertiary/aromatic N) is 2. The largest absolute Gasteiger partial charge is 0.478 e. The topological polar surface area (TPSA) is 80.1 Å². The molecule has 6 nitrogen and oxygen atoms in total. The molecule has 0 aliphatic rings. The molecule has 3 aromatic heterocycles. The summed E-state index contributed by atoms with van der Waals surface area (Å²) in [6, 6.07) is 10.9. The van der Waals surface area contributed by atoms with Crippen molar-refractivity contribution in [3.05, 3.63) is 65.7 Å². The molecular formula is C25H28FN3O3Si. The zero-order valence-corrected chi connectivity index (χ0v) is 20.3. The van der Waals surface area contributed by atoms with E-state index in [1.54, 1.807) is 25.3 Å². The molecule has 0 spiro atoms. The quantitative estimate of drug-likeness (QED) is 0.241. The van der Waals surface area contributed by atoms with Crippen molar-refractivity contribution < 1.29 is 19.0 Å². The lowest BCUT2D eigenvalue weighted by Gasteiger charge is -2.19. The molecule has 0 fully saturated rings. The lowest BCUT2D eigenvalue weighted by atomic mass is 10.0. The molecule has 0 unspecified atom stereocenters. The number of hydrogen-bond donors (Lipinski definition) is 2. The average molecular weight is 466 g/mol. The number of benzene rings is 1. The maximum atomic E-state index is 13.8. The van der Waals surface area contributed by atoms with E-state index in [4.69, 9.17) is 4.74 Å². The first-order valence-electron chi connectivity index (χ1n) is 10.9. The van der Waals surface area contributed by atoms with E-state index in [1.807, 2.05) is 22.9 Å². The first-order chi connectivity index (χ1) is 15.7. The van der Waals surface area contributed by atoms with Crippen LogP contribution in [0.3, 0.4) is 0 Å². The Labute approximate surface area is 193 Å². The molecule has 1 aromatic carbocycles. The van der Waals surface area contributed by atoms with Gasteiger partial charge in [0.2, 0.25) is 0 Å². The molecule has 0 aliphatic heterocycles. The highest BCUT2D eigenvalue weighted by atomic mass is 28.3. The van der Waals surface area contributed by atoms with Crippen molar-refractivity contribution in [2.24, 2.45) is 0 Å². The molecule has 4 aromatic rings. The minimum atomic E-state index is -1.29. The number of aryl methyl sites for hydroxylation is 1. The van der Waals surface area contributed by atoms with E-state index in [1.165, 1.54) is 12.1 Å². The zero-order chi connectivity index (χ0) is 23.8. The van der Waals surface area contributed by atoms with Gasteiger partial charge in [-0.15, -0.1) is 0 Å². The standard InChI is InChI=1S/C25H28FN3O3Si/c1-16-13-17(26)5-6-18(16)23-21(25(30)31)14-22(29(23)15-32-11-12-33(2,3)4)19-7-9-27-24-20(19)8-10-28-24/h5-10,13-14H,11-12,15H2,1-4H3,(H,27,28)(H,30,31). The maximum absolute atomic E-state index is 13.8. The van der Waals surface area contributed by atoms with E-state index in [0.29, 0.717) is 29.1 Å². The van der Waals surface area contributed by atoms with Crippen molar-refractivity contribution in [3.63, 3.8) is 0 Å². The molecule has 172 valence electrons. The Hall–Kier alpha value is -3.23. The van der Waals surface area contributed by atoms with Crippen LogP contribution in [0.25, 0.3) is 33.5 Å². The highest BCUT2D eigenvalue weighted by molar-refractivity contribution is 6.76. The monoisotopic (exact) mass is 465 g/mol. The highest BCUT2D eigenvalue weighted by Gasteiger charge is 2.25. The Balaban J connectivity index is 1.90. The minimum Gasteiger partial charge on any atom is -0.478 e. The third-order valence-corrected chi connectivity index (χ3v) is 7.43. The molecule has 8 heteroatoms. The third kappa shape index (κ3) is 4.77. The number of aromatic amines is 1. The summed E-state index contributed by atoms with van der Waals surface area (Å²) in [6.45, 7) is 9.41. The SMILES string of the molecule is Cc1cc(F)ccc1-c1c(C(=O)O)cc(-c2ccnc3[nH]ccc23)n1COCC[Si](C)(C)C. The number of H-pyrrole nitrogens is 1. The Bertz CT molecular complexity index is 1320. The van der Waals surface area contributed by atoms with E-state index in [2.05, 4.69) is 29.6 Å². The second kappa shape index (κ2) is 8.96. The average Bonchev–Trinajstić information content (AvgIpc) is 3.35. The summed E-state index contributed by atoms with van der Waals surface area (Å²) in [5.41, 5.74) is 4.25. The predicted molar refractivity (Wildman–Crippen MR) is 131 cm³/mol. The van der Waals surface area contributed by atoms with E-state index in [-0.39, 0.29) is 18.1 Å². The van der Waals surface area contributed by atoms with Gasteiger partial charge in [-0.2, -0.15) is 0 Å². The first-order valence-corrected chi connectivity index (χ1v) is 14.6. The summed E-state index contributed by atoms with van der Waals surface area (Å²) >= 11 is 0. The Kier molecular flexibility index (Phi) is 6.23. The number of fused-ring (bicyclic) bond motifs is 1. The van der Waals surface area contributed by atoms with Crippen LogP contribution in [-0.2, 0) is 11.5 Å². The van der Waals surface area contributed by atoms with Crippen LogP contribution >= 0.6 is 0 Å². The highest BCUT2D eigenvalue weighted by Crippen LogP contribution is 2.37. The molecule has 0 saturated heterocycles. The molecule has 0 atom stereocenters. The number of aromatic carboxylic acids is 1. The van der Waals surface area contributed by atoms with E-state index in [9.17, 15) is 14.3 Å². The number of halogens is 1. The molecule has 4 rings (SSSR count). The van der Waals surface area contributed by atoms with E-state index in [0.717, 1.165) is 22.6 Å². The lowest BCUT2D eigenvalue weighted by Crippen LogP contribution is -2.22. The van der Waals surface area contributed by atoms with Gasteiger partial charge in [0, 0.05) is 43.6 Å². The Morgan fingerprint density at radius 1 is 1.18 bits per heavy atom. The smallest absolute Gasteiger partial charge is 0.337 e. The van der Waals surface area contributed by atoms with Crippen molar-refractivity contribution in [3.8, 4) is 22.5 Å². The molecular weight excluding hydrogens is 437 g/mol. The summed E-state index contributed by atoms with van der Waals surface area (Å²) < 4.78 is 21.8. The van der Waals surface area contributed by atoms with Crippen LogP contribution in [-0.4, -0.2) is 40.3 Å². The minimum absolute atomic E-state index is 0.147. The molecule has 33 heavy (non-hydrogen) atoms. The summed E-state index contributed by atoms with van der Waals surface area (Å²) in [5.74, 6) is -1.41. The molecule has 0 amide bonds. The summed E-state index contributed by atoms with van der Waals surface area (Å²) in [7, 11) is -1.29. The molecule has 0 saturated carbocycles. The number of ether oxygens (including phenoxy) is 1. The number of hydrogen-bond acceptors (Lipinski definition) is 3. The maximum Gasteiger partial charge on any atom is 0.337 e.